The molecule has 7 rings (SSSR count). The summed E-state index contributed by atoms with van der Waals surface area (Å²) in [5.74, 6) is -0.907. The number of aliphatic hydroxyl groups excluding tert-OH is 1. The fourth-order valence-corrected chi connectivity index (χ4v) is 11.2. The highest BCUT2D eigenvalue weighted by Crippen LogP contribution is 2.60. The molecule has 4 aliphatic heterocycles. The molecule has 1 N–H and O–H groups in total. The summed E-state index contributed by atoms with van der Waals surface area (Å²) >= 11 is 0. The first-order valence-electron chi connectivity index (χ1n) is 16.7. The number of halogens is 1. The van der Waals surface area contributed by atoms with Crippen LogP contribution in [-0.2, 0) is 37.7 Å². The topological polar surface area (TPSA) is 90.4 Å². The molecule has 3 aromatic rings. The van der Waals surface area contributed by atoms with Crippen molar-refractivity contribution in [2.75, 3.05) is 23.0 Å². The Bertz CT molecular complexity index is 1730. The summed E-state index contributed by atoms with van der Waals surface area (Å²) < 4.78 is 23.0. The molecule has 3 aromatic carbocycles. The number of rotatable bonds is 7. The van der Waals surface area contributed by atoms with E-state index in [2.05, 4.69) is 0 Å². The molecule has 246 valence electrons. The lowest BCUT2D eigenvalue weighted by atomic mass is 9.82. The van der Waals surface area contributed by atoms with Crippen molar-refractivity contribution in [3.05, 3.63) is 89.5 Å². The van der Waals surface area contributed by atoms with Crippen LogP contribution in [0, 0.1) is 5.92 Å². The van der Waals surface area contributed by atoms with Gasteiger partial charge in [-0.05, 0) is 67.7 Å². The lowest BCUT2D eigenvalue weighted by Crippen LogP contribution is -2.45. The number of nitrogens with zero attached hydrogens (tertiary/aromatic N) is 3. The highest BCUT2D eigenvalue weighted by atomic mass is 28.4. The maximum Gasteiger partial charge on any atom is 0.264 e. The molecule has 47 heavy (non-hydrogen) atoms. The molecule has 3 amide bonds. The van der Waals surface area contributed by atoms with Gasteiger partial charge in [-0.1, -0.05) is 55.5 Å². The smallest absolute Gasteiger partial charge is 0.264 e. The van der Waals surface area contributed by atoms with Crippen molar-refractivity contribution in [1.29, 1.82) is 0 Å². The van der Waals surface area contributed by atoms with Gasteiger partial charge in [-0.25, -0.2) is 0 Å². The number of likely N-dealkylation sites (tertiary alicyclic amines) is 1. The quantitative estimate of drug-likeness (QED) is 0.250. The van der Waals surface area contributed by atoms with E-state index in [4.69, 9.17) is 4.74 Å². The Morgan fingerprint density at radius 1 is 1.02 bits per heavy atom. The number of amides is 3. The van der Waals surface area contributed by atoms with Gasteiger partial charge in [-0.3, -0.25) is 19.3 Å². The molecule has 4 heterocycles. The lowest BCUT2D eigenvalue weighted by molar-refractivity contribution is -0.150. The molecule has 0 saturated carbocycles. The molecule has 8 nitrogen and oxygen atoms in total. The molecule has 5 atom stereocenters. The standard InChI is InChI=1S/C37H42FN3O5Si/c1-24-35(47(2,3)38)32(21-34(44)39-19-9-13-28(39)23-42)46-37(24)29-14-5-7-16-31(29)40(36(37)45)22-25-10-8-12-27(20-25)41-30-15-6-4-11-26(30)17-18-33(41)43/h4-8,10-12,14-16,20,24,28,32,35,42H,9,13,17-19,21-23H2,1-3H3/t24-,28-,32+,35-,37+/m0/s1. The van der Waals surface area contributed by atoms with E-state index in [9.17, 15) is 19.5 Å². The molecule has 0 unspecified atom stereocenters. The van der Waals surface area contributed by atoms with Crippen LogP contribution in [0.3, 0.4) is 0 Å². The van der Waals surface area contributed by atoms with E-state index in [1.54, 1.807) is 27.8 Å². The second-order valence-corrected chi connectivity index (χ2v) is 17.8. The average Bonchev–Trinajstić information content (AvgIpc) is 3.71. The van der Waals surface area contributed by atoms with Crippen LogP contribution >= 0.6 is 0 Å². The zero-order chi connectivity index (χ0) is 33.1. The van der Waals surface area contributed by atoms with Crippen LogP contribution < -0.4 is 9.80 Å². The minimum absolute atomic E-state index is 0.0273. The van der Waals surface area contributed by atoms with Gasteiger partial charge in [0.1, 0.15) is 0 Å². The highest BCUT2D eigenvalue weighted by molar-refractivity contribution is 6.72. The zero-order valence-electron chi connectivity index (χ0n) is 27.2. The number of carbonyl (C=O) groups is 3. The van der Waals surface area contributed by atoms with Gasteiger partial charge in [-0.15, -0.1) is 0 Å². The maximum atomic E-state index is 16.2. The predicted octanol–water partition coefficient (Wildman–Crippen LogP) is 5.99. The van der Waals surface area contributed by atoms with Gasteiger partial charge in [0.05, 0.1) is 43.1 Å². The molecule has 2 fully saturated rings. The number of benzene rings is 3. The molecular weight excluding hydrogens is 614 g/mol. The number of carbonyl (C=O) groups excluding carboxylic acids is 3. The number of hydrogen-bond acceptors (Lipinski definition) is 5. The summed E-state index contributed by atoms with van der Waals surface area (Å²) in [6.07, 6.45) is 1.88. The third-order valence-corrected chi connectivity index (χ3v) is 13.2. The Morgan fingerprint density at radius 3 is 2.53 bits per heavy atom. The van der Waals surface area contributed by atoms with Gasteiger partial charge in [0.25, 0.3) is 5.91 Å². The first-order valence-corrected chi connectivity index (χ1v) is 19.7. The molecule has 0 aromatic heterocycles. The van der Waals surface area contributed by atoms with Gasteiger partial charge in [0.2, 0.25) is 20.2 Å². The Balaban J connectivity index is 1.21. The molecule has 0 aliphatic carbocycles. The molecule has 2 saturated heterocycles. The molecule has 0 bridgehead atoms. The first-order chi connectivity index (χ1) is 22.5. The van der Waals surface area contributed by atoms with Crippen LogP contribution in [0.2, 0.25) is 18.6 Å². The van der Waals surface area contributed by atoms with E-state index in [1.807, 2.05) is 79.7 Å². The first kappa shape index (κ1) is 31.7. The SMILES string of the molecule is C[C@H]1[C@H]([Si](C)(C)F)[C@@H](CC(=O)N2CCC[C@H]2CO)O[C@]12C(=O)N(Cc1cccc(N3C(=O)CCc4ccccc43)c1)c1ccccc12. The monoisotopic (exact) mass is 655 g/mol. The van der Waals surface area contributed by atoms with Gasteiger partial charge < -0.3 is 23.8 Å². The van der Waals surface area contributed by atoms with Crippen molar-refractivity contribution < 1.29 is 28.3 Å². The summed E-state index contributed by atoms with van der Waals surface area (Å²) in [6.45, 7) is 5.85. The molecular formula is C37H42FN3O5Si. The number of anilines is 3. The normalized spacial score (nSPS) is 27.1. The Kier molecular flexibility index (Phi) is 8.09. The second-order valence-electron chi connectivity index (χ2n) is 14.0. The number of hydrogen-bond donors (Lipinski definition) is 1. The highest BCUT2D eigenvalue weighted by Gasteiger charge is 2.67. The largest absolute Gasteiger partial charge is 0.394 e. The fraction of sp³-hybridized carbons (Fsp3) is 0.432. The van der Waals surface area contributed by atoms with E-state index in [-0.39, 0.29) is 43.3 Å². The second kappa shape index (κ2) is 12.0. The van der Waals surface area contributed by atoms with E-state index < -0.39 is 31.6 Å². The van der Waals surface area contributed by atoms with Crippen LogP contribution in [-0.4, -0.2) is 61.4 Å². The Labute approximate surface area is 276 Å². The van der Waals surface area contributed by atoms with Crippen molar-refractivity contribution in [2.45, 2.75) is 82.0 Å². The third kappa shape index (κ3) is 5.21. The van der Waals surface area contributed by atoms with E-state index >= 15 is 4.11 Å². The molecule has 4 aliphatic rings. The number of ether oxygens (including phenoxy) is 1. The van der Waals surface area contributed by atoms with Crippen molar-refractivity contribution in [3.63, 3.8) is 0 Å². The lowest BCUT2D eigenvalue weighted by Gasteiger charge is -2.31. The number of aryl methyl sites for hydroxylation is 1. The van der Waals surface area contributed by atoms with Gasteiger partial charge in [-0.2, -0.15) is 0 Å². The number of para-hydroxylation sites is 2. The van der Waals surface area contributed by atoms with Crippen molar-refractivity contribution in [1.82, 2.24) is 4.90 Å². The maximum absolute atomic E-state index is 16.2. The van der Waals surface area contributed by atoms with Crippen LogP contribution in [0.5, 0.6) is 0 Å². The van der Waals surface area contributed by atoms with E-state index in [0.29, 0.717) is 30.6 Å². The van der Waals surface area contributed by atoms with Gasteiger partial charge >= 0.3 is 0 Å². The van der Waals surface area contributed by atoms with Gasteiger partial charge in [0, 0.05) is 35.7 Å². The fourth-order valence-electron chi connectivity index (χ4n) is 8.69. The average molecular weight is 656 g/mol. The summed E-state index contributed by atoms with van der Waals surface area (Å²) in [5.41, 5.74) is 2.96. The summed E-state index contributed by atoms with van der Waals surface area (Å²) in [5, 5.41) is 9.83. The molecule has 10 heteroatoms. The van der Waals surface area contributed by atoms with Crippen molar-refractivity contribution >= 4 is 43.2 Å². The van der Waals surface area contributed by atoms with Crippen LogP contribution in [0.15, 0.2) is 72.8 Å². The number of aliphatic hydroxyl groups is 1. The van der Waals surface area contributed by atoms with Crippen LogP contribution in [0.25, 0.3) is 0 Å². The van der Waals surface area contributed by atoms with E-state index in [0.717, 1.165) is 35.3 Å². The minimum atomic E-state index is -3.44. The summed E-state index contributed by atoms with van der Waals surface area (Å²) in [6, 6.07) is 22.9. The third-order valence-electron chi connectivity index (χ3n) is 10.8. The Morgan fingerprint density at radius 2 is 1.77 bits per heavy atom. The van der Waals surface area contributed by atoms with E-state index in [1.165, 1.54) is 0 Å². The minimum Gasteiger partial charge on any atom is -0.394 e. The predicted molar refractivity (Wildman–Crippen MR) is 180 cm³/mol. The molecule has 1 spiro atoms. The zero-order valence-corrected chi connectivity index (χ0v) is 28.2. The van der Waals surface area contributed by atoms with Crippen molar-refractivity contribution in [2.24, 2.45) is 5.92 Å². The van der Waals surface area contributed by atoms with Crippen LogP contribution in [0.1, 0.15) is 49.3 Å². The number of fused-ring (bicyclic) bond motifs is 3. The molecule has 0 radical (unpaired) electrons. The van der Waals surface area contributed by atoms with Crippen molar-refractivity contribution in [3.8, 4) is 0 Å². The van der Waals surface area contributed by atoms with Gasteiger partial charge in [0.15, 0.2) is 5.60 Å². The Hall–Kier alpha value is -3.86. The van der Waals surface area contributed by atoms with Crippen LogP contribution in [0.4, 0.5) is 21.2 Å². The summed E-state index contributed by atoms with van der Waals surface area (Å²) in [4.78, 5) is 46.6. The summed E-state index contributed by atoms with van der Waals surface area (Å²) in [7, 11) is -3.44.